The predicted octanol–water partition coefficient (Wildman–Crippen LogP) is 1.71. The highest BCUT2D eigenvalue weighted by molar-refractivity contribution is 8.70. The quantitative estimate of drug-likeness (QED) is 0.579. The number of hydrogen-bond acceptors (Lipinski definition) is 5. The second kappa shape index (κ2) is 6.65. The summed E-state index contributed by atoms with van der Waals surface area (Å²) < 4.78 is 25.6. The molecule has 0 bridgehead atoms. The van der Waals surface area contributed by atoms with Crippen LogP contribution >= 0.6 is 22.5 Å². The third-order valence-electron chi connectivity index (χ3n) is 3.04. The van der Waals surface area contributed by atoms with E-state index >= 15 is 0 Å². The van der Waals surface area contributed by atoms with Crippen molar-refractivity contribution in [1.82, 2.24) is 9.62 Å². The van der Waals surface area contributed by atoms with Crippen LogP contribution in [0.5, 0.6) is 0 Å². The number of thiol groups is 1. The first-order valence-corrected chi connectivity index (χ1v) is 9.28. The maximum atomic E-state index is 11.9. The minimum atomic E-state index is -3.30. The second-order valence-corrected chi connectivity index (χ2v) is 9.12. The number of piperidine rings is 1. The molecule has 1 aliphatic rings. The molecule has 0 aromatic heterocycles. The highest BCUT2D eigenvalue weighted by Gasteiger charge is 2.33. The zero-order valence-corrected chi connectivity index (χ0v) is 13.0. The lowest BCUT2D eigenvalue weighted by Gasteiger charge is -2.27. The Morgan fingerprint density at radius 2 is 1.88 bits per heavy atom. The fourth-order valence-corrected chi connectivity index (χ4v) is 3.90. The minimum Gasteiger partial charge on any atom is -0.302 e. The van der Waals surface area contributed by atoms with Crippen LogP contribution in [0.15, 0.2) is 0 Å². The Bertz CT molecular complexity index is 324. The first-order chi connectivity index (χ1) is 7.89. The predicted molar refractivity (Wildman–Crippen MR) is 77.9 cm³/mol. The van der Waals surface area contributed by atoms with E-state index in [2.05, 4.69) is 21.3 Å². The van der Waals surface area contributed by atoms with Crippen molar-refractivity contribution >= 4 is 32.5 Å². The molecule has 0 aromatic rings. The van der Waals surface area contributed by atoms with E-state index < -0.39 is 14.1 Å². The third kappa shape index (κ3) is 4.63. The molecule has 0 aromatic carbocycles. The van der Waals surface area contributed by atoms with Gasteiger partial charge in [0.1, 0.15) is 4.08 Å². The van der Waals surface area contributed by atoms with Crippen LogP contribution in [0.25, 0.3) is 0 Å². The van der Waals surface area contributed by atoms with Gasteiger partial charge < -0.3 is 4.90 Å². The van der Waals surface area contributed by atoms with Crippen LogP contribution in [0.2, 0.25) is 0 Å². The molecule has 7 heteroatoms. The van der Waals surface area contributed by atoms with E-state index in [0.717, 1.165) is 30.4 Å². The largest absolute Gasteiger partial charge is 0.302 e. The van der Waals surface area contributed by atoms with Gasteiger partial charge in [0.25, 0.3) is 0 Å². The van der Waals surface area contributed by atoms with Crippen LogP contribution in [0.4, 0.5) is 0 Å². The van der Waals surface area contributed by atoms with Crippen molar-refractivity contribution in [3.63, 3.8) is 0 Å². The van der Waals surface area contributed by atoms with Crippen molar-refractivity contribution in [3.8, 4) is 0 Å². The van der Waals surface area contributed by atoms with E-state index in [-0.39, 0.29) is 0 Å². The van der Waals surface area contributed by atoms with Gasteiger partial charge in [0.15, 0.2) is 0 Å². The molecule has 1 rings (SSSR count). The maximum Gasteiger partial charge on any atom is 0.227 e. The van der Waals surface area contributed by atoms with Gasteiger partial charge in [0.2, 0.25) is 10.0 Å². The summed E-state index contributed by atoms with van der Waals surface area (Å²) >= 11 is 4.01. The summed E-state index contributed by atoms with van der Waals surface area (Å²) in [5, 5.41) is 0. The number of sulfonamides is 1. The highest BCUT2D eigenvalue weighted by Crippen LogP contribution is 2.32. The topological polar surface area (TPSA) is 49.4 Å². The molecule has 1 N–H and O–H groups in total. The second-order valence-electron chi connectivity index (χ2n) is 4.79. The van der Waals surface area contributed by atoms with Crippen LogP contribution in [0, 0.1) is 0 Å². The molecule has 4 nitrogen and oxygen atoms in total. The molecule has 0 aliphatic carbocycles. The lowest BCUT2D eigenvalue weighted by Crippen LogP contribution is -2.43. The first-order valence-electron chi connectivity index (χ1n) is 5.93. The van der Waals surface area contributed by atoms with Gasteiger partial charge in [-0.1, -0.05) is 17.2 Å². The van der Waals surface area contributed by atoms with Gasteiger partial charge in [-0.3, -0.25) is 0 Å². The minimum absolute atomic E-state index is 0.486. The normalized spacial score (nSPS) is 19.5. The summed E-state index contributed by atoms with van der Waals surface area (Å²) in [4.78, 5) is 2.31. The standard InChI is InChI=1S/C10H22N2O2S3/c1-10(2,16-15)17(13,14)11-6-9-12-7-4-3-5-8-12/h11,15H,3-9H2,1-2H3. The van der Waals surface area contributed by atoms with Gasteiger partial charge >= 0.3 is 0 Å². The summed E-state index contributed by atoms with van der Waals surface area (Å²) in [6.45, 7) is 6.79. The Labute approximate surface area is 114 Å². The number of likely N-dealkylation sites (tertiary alicyclic amines) is 1. The lowest BCUT2D eigenvalue weighted by molar-refractivity contribution is 0.232. The summed E-state index contributed by atoms with van der Waals surface area (Å²) in [5.41, 5.74) is 0. The van der Waals surface area contributed by atoms with Crippen molar-refractivity contribution < 1.29 is 8.42 Å². The molecule has 0 unspecified atom stereocenters. The van der Waals surface area contributed by atoms with Crippen molar-refractivity contribution in [3.05, 3.63) is 0 Å². The van der Waals surface area contributed by atoms with E-state index in [0.29, 0.717) is 6.54 Å². The van der Waals surface area contributed by atoms with Gasteiger partial charge in [-0.05, 0) is 39.8 Å². The zero-order chi connectivity index (χ0) is 12.9. The molecule has 0 atom stereocenters. The van der Waals surface area contributed by atoms with Crippen molar-refractivity contribution in [2.45, 2.75) is 37.2 Å². The molecule has 0 amide bonds. The van der Waals surface area contributed by atoms with Crippen LogP contribution in [0.3, 0.4) is 0 Å². The van der Waals surface area contributed by atoms with Gasteiger partial charge in [-0.2, -0.15) is 0 Å². The molecule has 0 radical (unpaired) electrons. The van der Waals surface area contributed by atoms with Crippen LogP contribution in [-0.2, 0) is 10.0 Å². The SMILES string of the molecule is CC(C)(SS)S(=O)(=O)NCCN1CCCCC1. The van der Waals surface area contributed by atoms with Crippen LogP contribution in [-0.4, -0.2) is 43.6 Å². The Kier molecular flexibility index (Phi) is 6.12. The van der Waals surface area contributed by atoms with E-state index in [4.69, 9.17) is 0 Å². The molecule has 0 saturated carbocycles. The Balaban J connectivity index is 2.35. The molecular formula is C10H22N2O2S3. The van der Waals surface area contributed by atoms with Crippen molar-refractivity contribution in [1.29, 1.82) is 0 Å². The number of rotatable bonds is 6. The Morgan fingerprint density at radius 3 is 2.41 bits per heavy atom. The monoisotopic (exact) mass is 298 g/mol. The van der Waals surface area contributed by atoms with E-state index in [1.54, 1.807) is 13.8 Å². The molecular weight excluding hydrogens is 276 g/mol. The van der Waals surface area contributed by atoms with E-state index in [1.165, 1.54) is 19.3 Å². The van der Waals surface area contributed by atoms with Crippen LogP contribution in [0.1, 0.15) is 33.1 Å². The van der Waals surface area contributed by atoms with E-state index in [1.807, 2.05) is 0 Å². The van der Waals surface area contributed by atoms with Crippen molar-refractivity contribution in [2.24, 2.45) is 0 Å². The maximum absolute atomic E-state index is 11.9. The summed E-state index contributed by atoms with van der Waals surface area (Å²) in [5.74, 6) is 0. The molecule has 0 spiro atoms. The van der Waals surface area contributed by atoms with Gasteiger partial charge in [0, 0.05) is 13.1 Å². The van der Waals surface area contributed by atoms with Crippen LogP contribution < -0.4 is 4.72 Å². The van der Waals surface area contributed by atoms with Gasteiger partial charge in [0.05, 0.1) is 0 Å². The molecule has 102 valence electrons. The third-order valence-corrected chi connectivity index (χ3v) is 8.00. The number of hydrogen-bond donors (Lipinski definition) is 2. The molecule has 1 saturated heterocycles. The zero-order valence-electron chi connectivity index (χ0n) is 10.5. The Hall–Kier alpha value is 0.570. The summed E-state index contributed by atoms with van der Waals surface area (Å²) in [6, 6.07) is 0. The molecule has 1 aliphatic heterocycles. The molecule has 1 fully saturated rings. The Morgan fingerprint density at radius 1 is 1.29 bits per heavy atom. The average molecular weight is 298 g/mol. The lowest BCUT2D eigenvalue weighted by atomic mass is 10.1. The first kappa shape index (κ1) is 15.6. The highest BCUT2D eigenvalue weighted by atomic mass is 33.1. The van der Waals surface area contributed by atoms with E-state index in [9.17, 15) is 8.42 Å². The summed E-state index contributed by atoms with van der Waals surface area (Å²) in [7, 11) is -2.25. The molecule has 17 heavy (non-hydrogen) atoms. The van der Waals surface area contributed by atoms with Gasteiger partial charge in [-0.15, -0.1) is 11.7 Å². The number of nitrogens with one attached hydrogen (secondary N) is 1. The summed E-state index contributed by atoms with van der Waals surface area (Å²) in [6.07, 6.45) is 3.75. The molecule has 1 heterocycles. The fraction of sp³-hybridized carbons (Fsp3) is 1.00. The number of nitrogens with zero attached hydrogens (tertiary/aromatic N) is 1. The van der Waals surface area contributed by atoms with Gasteiger partial charge in [-0.25, -0.2) is 13.1 Å². The van der Waals surface area contributed by atoms with Crippen molar-refractivity contribution in [2.75, 3.05) is 26.2 Å². The fourth-order valence-electron chi connectivity index (χ4n) is 1.74. The average Bonchev–Trinajstić information content (AvgIpc) is 2.30. The smallest absolute Gasteiger partial charge is 0.227 e.